The van der Waals surface area contributed by atoms with E-state index in [2.05, 4.69) is 53.6 Å². The van der Waals surface area contributed by atoms with Crippen LogP contribution in [-0.2, 0) is 0 Å². The first kappa shape index (κ1) is 13.3. The highest BCUT2D eigenvalue weighted by Gasteiger charge is 2.33. The Kier molecular flexibility index (Phi) is 3.42. The van der Waals surface area contributed by atoms with Crippen LogP contribution >= 0.6 is 11.8 Å². The maximum absolute atomic E-state index is 2.64. The van der Waals surface area contributed by atoms with E-state index in [-0.39, 0.29) is 0 Å². The zero-order valence-electron chi connectivity index (χ0n) is 12.5. The van der Waals surface area contributed by atoms with Gasteiger partial charge in [-0.2, -0.15) is 0 Å². The summed E-state index contributed by atoms with van der Waals surface area (Å²) < 4.78 is 0. The molecule has 0 bridgehead atoms. The molecule has 0 N–H and O–H groups in total. The first-order chi connectivity index (χ1) is 10.4. The van der Waals surface area contributed by atoms with Crippen molar-refractivity contribution in [2.24, 2.45) is 0 Å². The molecule has 2 aliphatic heterocycles. The van der Waals surface area contributed by atoms with E-state index in [9.17, 15) is 0 Å². The SMILES string of the molecule is CSc1ccc([C@H]2CN3CCCC3=C3CC=CC=C32)cc1. The van der Waals surface area contributed by atoms with Crippen LogP contribution in [0.5, 0.6) is 0 Å². The molecule has 1 saturated heterocycles. The molecule has 1 atom stereocenters. The van der Waals surface area contributed by atoms with Crippen molar-refractivity contribution in [2.75, 3.05) is 19.3 Å². The third-order valence-electron chi connectivity index (χ3n) is 4.95. The van der Waals surface area contributed by atoms with E-state index in [0.717, 1.165) is 13.0 Å². The van der Waals surface area contributed by atoms with Crippen molar-refractivity contribution in [3.05, 3.63) is 64.9 Å². The van der Waals surface area contributed by atoms with E-state index in [4.69, 9.17) is 0 Å². The monoisotopic (exact) mass is 295 g/mol. The summed E-state index contributed by atoms with van der Waals surface area (Å²) in [6.45, 7) is 2.41. The smallest absolute Gasteiger partial charge is 0.0284 e. The van der Waals surface area contributed by atoms with Crippen LogP contribution in [0, 0.1) is 0 Å². The number of hydrogen-bond acceptors (Lipinski definition) is 2. The average Bonchev–Trinajstić information content (AvgIpc) is 3.03. The highest BCUT2D eigenvalue weighted by molar-refractivity contribution is 7.98. The molecule has 1 fully saturated rings. The summed E-state index contributed by atoms with van der Waals surface area (Å²) in [4.78, 5) is 3.99. The molecule has 1 aliphatic carbocycles. The van der Waals surface area contributed by atoms with Crippen LogP contribution in [0.1, 0.15) is 30.7 Å². The van der Waals surface area contributed by atoms with E-state index in [0.29, 0.717) is 5.92 Å². The van der Waals surface area contributed by atoms with Gasteiger partial charge in [0.1, 0.15) is 0 Å². The van der Waals surface area contributed by atoms with Gasteiger partial charge < -0.3 is 4.90 Å². The van der Waals surface area contributed by atoms with Crippen molar-refractivity contribution < 1.29 is 0 Å². The largest absolute Gasteiger partial charge is 0.374 e. The third kappa shape index (κ3) is 2.26. The van der Waals surface area contributed by atoms with Crippen LogP contribution in [0.25, 0.3) is 0 Å². The summed E-state index contributed by atoms with van der Waals surface area (Å²) >= 11 is 1.82. The first-order valence-corrected chi connectivity index (χ1v) is 9.07. The molecule has 0 aromatic heterocycles. The second-order valence-electron chi connectivity index (χ2n) is 6.05. The molecule has 1 aromatic rings. The van der Waals surface area contributed by atoms with Gasteiger partial charge >= 0.3 is 0 Å². The number of hydrogen-bond donors (Lipinski definition) is 0. The molecule has 2 heteroatoms. The first-order valence-electron chi connectivity index (χ1n) is 7.85. The van der Waals surface area contributed by atoms with Gasteiger partial charge in [-0.3, -0.25) is 0 Å². The third-order valence-corrected chi connectivity index (χ3v) is 5.69. The maximum Gasteiger partial charge on any atom is 0.0284 e. The molecule has 3 aliphatic rings. The molecule has 0 radical (unpaired) electrons. The summed E-state index contributed by atoms with van der Waals surface area (Å²) in [5.41, 5.74) is 6.28. The lowest BCUT2D eigenvalue weighted by molar-refractivity contribution is 0.357. The Morgan fingerprint density at radius 3 is 2.86 bits per heavy atom. The van der Waals surface area contributed by atoms with E-state index < -0.39 is 0 Å². The Bertz CT molecular complexity index is 636. The van der Waals surface area contributed by atoms with Gasteiger partial charge in [-0.05, 0) is 54.4 Å². The van der Waals surface area contributed by atoms with E-state index >= 15 is 0 Å². The van der Waals surface area contributed by atoms with Crippen molar-refractivity contribution in [2.45, 2.75) is 30.1 Å². The van der Waals surface area contributed by atoms with Crippen molar-refractivity contribution in [1.82, 2.24) is 4.90 Å². The highest BCUT2D eigenvalue weighted by atomic mass is 32.2. The van der Waals surface area contributed by atoms with Crippen molar-refractivity contribution >= 4 is 11.8 Å². The number of thioether (sulfide) groups is 1. The summed E-state index contributed by atoms with van der Waals surface area (Å²) in [6.07, 6.45) is 12.8. The predicted octanol–water partition coefficient (Wildman–Crippen LogP) is 4.74. The van der Waals surface area contributed by atoms with Crippen LogP contribution in [0.3, 0.4) is 0 Å². The van der Waals surface area contributed by atoms with E-state index in [1.54, 1.807) is 16.8 Å². The zero-order valence-corrected chi connectivity index (χ0v) is 13.3. The minimum absolute atomic E-state index is 0.544. The van der Waals surface area contributed by atoms with Gasteiger partial charge in [0, 0.05) is 29.6 Å². The Balaban J connectivity index is 1.75. The lowest BCUT2D eigenvalue weighted by atomic mass is 9.79. The molecule has 1 aromatic carbocycles. The van der Waals surface area contributed by atoms with Crippen molar-refractivity contribution in [1.29, 1.82) is 0 Å². The standard InChI is InChI=1S/C19H21NS/c1-21-15-10-8-14(9-11-15)18-13-20-12-4-7-19(20)17-6-3-2-5-16(17)18/h2-3,5,8-11,18H,4,6-7,12-13H2,1H3/t18-/m1/s1. The molecule has 1 nitrogen and oxygen atoms in total. The Hall–Kier alpha value is -1.41. The molecule has 0 amide bonds. The van der Waals surface area contributed by atoms with Gasteiger partial charge in [0.25, 0.3) is 0 Å². The lowest BCUT2D eigenvalue weighted by Crippen LogP contribution is -2.32. The fraction of sp³-hybridized carbons (Fsp3) is 0.368. The van der Waals surface area contributed by atoms with Gasteiger partial charge in [-0.1, -0.05) is 30.4 Å². The fourth-order valence-electron chi connectivity index (χ4n) is 3.90. The molecule has 108 valence electrons. The summed E-state index contributed by atoms with van der Waals surface area (Å²) in [6, 6.07) is 9.19. The van der Waals surface area contributed by atoms with Crippen LogP contribution in [0.2, 0.25) is 0 Å². The second-order valence-corrected chi connectivity index (χ2v) is 6.93. The number of nitrogens with zero attached hydrogens (tertiary/aromatic N) is 1. The van der Waals surface area contributed by atoms with Gasteiger partial charge in [0.15, 0.2) is 0 Å². The summed E-state index contributed by atoms with van der Waals surface area (Å²) in [7, 11) is 0. The second kappa shape index (κ2) is 5.42. The summed E-state index contributed by atoms with van der Waals surface area (Å²) in [5, 5.41) is 0. The predicted molar refractivity (Wildman–Crippen MR) is 90.6 cm³/mol. The average molecular weight is 295 g/mol. The van der Waals surface area contributed by atoms with Crippen molar-refractivity contribution in [3.63, 3.8) is 0 Å². The normalized spacial score (nSPS) is 24.0. The van der Waals surface area contributed by atoms with Gasteiger partial charge in [0.05, 0.1) is 0 Å². The minimum Gasteiger partial charge on any atom is -0.374 e. The quantitative estimate of drug-likeness (QED) is 0.725. The lowest BCUT2D eigenvalue weighted by Gasteiger charge is -2.37. The number of benzene rings is 1. The van der Waals surface area contributed by atoms with Crippen molar-refractivity contribution in [3.8, 4) is 0 Å². The molecule has 21 heavy (non-hydrogen) atoms. The van der Waals surface area contributed by atoms with Gasteiger partial charge in [0.2, 0.25) is 0 Å². The Morgan fingerprint density at radius 1 is 1.19 bits per heavy atom. The molecular weight excluding hydrogens is 274 g/mol. The number of rotatable bonds is 2. The Labute approximate surface area is 131 Å². The van der Waals surface area contributed by atoms with Gasteiger partial charge in [-0.25, -0.2) is 0 Å². The Morgan fingerprint density at radius 2 is 2.05 bits per heavy atom. The topological polar surface area (TPSA) is 3.24 Å². The van der Waals surface area contributed by atoms with Crippen LogP contribution in [0.15, 0.2) is 64.2 Å². The molecule has 0 saturated carbocycles. The molecule has 0 spiro atoms. The molecule has 0 unspecified atom stereocenters. The number of fused-ring (bicyclic) bond motifs is 2. The molecule has 2 heterocycles. The zero-order chi connectivity index (χ0) is 14.2. The molecular formula is C19H21NS. The van der Waals surface area contributed by atoms with E-state index in [1.165, 1.54) is 29.8 Å². The molecule has 4 rings (SSSR count). The highest BCUT2D eigenvalue weighted by Crippen LogP contribution is 2.44. The van der Waals surface area contributed by atoms with E-state index in [1.807, 2.05) is 11.8 Å². The maximum atomic E-state index is 2.64. The minimum atomic E-state index is 0.544. The van der Waals surface area contributed by atoms with Gasteiger partial charge in [-0.15, -0.1) is 11.8 Å². The fourth-order valence-corrected chi connectivity index (χ4v) is 4.31. The summed E-state index contributed by atoms with van der Waals surface area (Å²) in [5.74, 6) is 0.544. The van der Waals surface area contributed by atoms with Crippen LogP contribution in [0.4, 0.5) is 0 Å². The number of allylic oxidation sites excluding steroid dienone is 5. The van der Waals surface area contributed by atoms with Crippen LogP contribution < -0.4 is 0 Å². The van der Waals surface area contributed by atoms with Crippen LogP contribution in [-0.4, -0.2) is 24.2 Å².